The molecular weight excluding hydrogens is 294 g/mol. The van der Waals surface area contributed by atoms with E-state index in [0.717, 1.165) is 12.5 Å². The molecule has 0 unspecified atom stereocenters. The van der Waals surface area contributed by atoms with Crippen molar-refractivity contribution in [2.45, 2.75) is 45.8 Å². The van der Waals surface area contributed by atoms with Crippen LogP contribution in [0.1, 0.15) is 27.7 Å². The molecule has 0 radical (unpaired) electrons. The Morgan fingerprint density at radius 2 is 2.22 bits per heavy atom. The Morgan fingerprint density at radius 1 is 1.48 bits per heavy atom. The van der Waals surface area contributed by atoms with Gasteiger partial charge in [-0.15, -0.1) is 0 Å². The molecule has 0 atom stereocenters. The molecule has 23 heavy (non-hydrogen) atoms. The smallest absolute Gasteiger partial charge is 0.242 e. The monoisotopic (exact) mass is 321 g/mol. The van der Waals surface area contributed by atoms with Crippen molar-refractivity contribution in [3.8, 4) is 0 Å². The van der Waals surface area contributed by atoms with Crippen LogP contribution in [0.3, 0.4) is 0 Å². The minimum atomic E-state index is -0.229. The summed E-state index contributed by atoms with van der Waals surface area (Å²) in [6, 6.07) is 0.196. The minimum Gasteiger partial charge on any atom is -0.354 e. The second-order valence-electron chi connectivity index (χ2n) is 6.66. The summed E-state index contributed by atoms with van der Waals surface area (Å²) in [5.74, 6) is 0.880. The first-order valence-corrected chi connectivity index (χ1v) is 7.95. The molecule has 2 rings (SSSR count). The number of hydrogen-bond acceptors (Lipinski definition) is 4. The van der Waals surface area contributed by atoms with E-state index in [0.29, 0.717) is 19.6 Å². The maximum absolute atomic E-state index is 12.5. The van der Waals surface area contributed by atoms with Crippen LogP contribution in [-0.2, 0) is 11.3 Å². The number of rotatable bonds is 4. The fraction of sp³-hybridized carbons (Fsp3) is 0.733. The zero-order chi connectivity index (χ0) is 17.0. The van der Waals surface area contributed by atoms with Crippen LogP contribution >= 0.6 is 0 Å². The van der Waals surface area contributed by atoms with Crippen LogP contribution in [-0.4, -0.2) is 74.7 Å². The molecule has 0 aliphatic carbocycles. The lowest BCUT2D eigenvalue weighted by Gasteiger charge is -2.49. The molecule has 0 saturated carbocycles. The fourth-order valence-electron chi connectivity index (χ4n) is 3.28. The molecule has 1 amide bonds. The molecule has 0 spiro atoms. The van der Waals surface area contributed by atoms with E-state index in [9.17, 15) is 4.79 Å². The predicted molar refractivity (Wildman–Crippen MR) is 89.0 cm³/mol. The first-order valence-electron chi connectivity index (χ1n) is 7.95. The maximum atomic E-state index is 12.5. The average molecular weight is 321 g/mol. The fourth-order valence-corrected chi connectivity index (χ4v) is 3.28. The molecule has 1 aliphatic rings. The zero-order valence-electron chi connectivity index (χ0n) is 14.7. The summed E-state index contributed by atoms with van der Waals surface area (Å²) in [5.41, 5.74) is -0.229. The lowest BCUT2D eigenvalue weighted by Crippen LogP contribution is -2.66. The number of nitrogens with zero attached hydrogens (tertiary/aromatic N) is 6. The van der Waals surface area contributed by atoms with Gasteiger partial charge in [-0.05, 0) is 27.7 Å². The van der Waals surface area contributed by atoms with E-state index >= 15 is 0 Å². The number of piperazine rings is 1. The number of carbonyl (C=O) groups excluding carboxylic acids is 1. The van der Waals surface area contributed by atoms with Gasteiger partial charge in [-0.3, -0.25) is 14.5 Å². The van der Waals surface area contributed by atoms with Gasteiger partial charge in [0.1, 0.15) is 12.7 Å². The molecule has 2 heterocycles. The van der Waals surface area contributed by atoms with Crippen LogP contribution in [0, 0.1) is 0 Å². The van der Waals surface area contributed by atoms with Crippen molar-refractivity contribution in [1.29, 1.82) is 0 Å². The largest absolute Gasteiger partial charge is 0.354 e. The lowest BCUT2D eigenvalue weighted by molar-refractivity contribution is -0.145. The third-order valence-corrected chi connectivity index (χ3v) is 3.94. The van der Waals surface area contributed by atoms with E-state index in [2.05, 4.69) is 48.1 Å². The predicted octanol–water partition coefficient (Wildman–Crippen LogP) is 0.185. The second kappa shape index (κ2) is 6.97. The van der Waals surface area contributed by atoms with Crippen LogP contribution in [0.15, 0.2) is 17.6 Å². The third-order valence-electron chi connectivity index (χ3n) is 3.94. The first-order chi connectivity index (χ1) is 10.8. The molecule has 1 N–H and O–H groups in total. The van der Waals surface area contributed by atoms with E-state index in [4.69, 9.17) is 0 Å². The summed E-state index contributed by atoms with van der Waals surface area (Å²) in [6.45, 7) is 10.8. The van der Waals surface area contributed by atoms with Gasteiger partial charge in [0.25, 0.3) is 0 Å². The van der Waals surface area contributed by atoms with Crippen LogP contribution in [0.25, 0.3) is 0 Å². The highest BCUT2D eigenvalue weighted by atomic mass is 16.2. The molecule has 1 saturated heterocycles. The Morgan fingerprint density at radius 3 is 2.74 bits per heavy atom. The van der Waals surface area contributed by atoms with Gasteiger partial charge in [0.2, 0.25) is 5.91 Å². The lowest BCUT2D eigenvalue weighted by atomic mass is 9.96. The molecule has 8 heteroatoms. The highest BCUT2D eigenvalue weighted by molar-refractivity contribution is 5.88. The number of guanidine groups is 1. The highest BCUT2D eigenvalue weighted by Crippen LogP contribution is 2.24. The summed E-state index contributed by atoms with van der Waals surface area (Å²) in [5, 5.41) is 7.36. The molecule has 0 aromatic carbocycles. The Hall–Kier alpha value is -2.12. The van der Waals surface area contributed by atoms with Gasteiger partial charge in [0.15, 0.2) is 5.96 Å². The summed E-state index contributed by atoms with van der Waals surface area (Å²) in [4.78, 5) is 24.7. The van der Waals surface area contributed by atoms with Crippen molar-refractivity contribution in [2.24, 2.45) is 4.99 Å². The molecular formula is C15H27N7O. The van der Waals surface area contributed by atoms with Gasteiger partial charge in [-0.25, -0.2) is 4.98 Å². The minimum absolute atomic E-state index is 0.135. The normalized spacial score (nSPS) is 18.7. The molecule has 1 aliphatic heterocycles. The van der Waals surface area contributed by atoms with Gasteiger partial charge in [-0.1, -0.05) is 0 Å². The molecule has 8 nitrogen and oxygen atoms in total. The Bertz CT molecular complexity index is 550. The summed E-state index contributed by atoms with van der Waals surface area (Å²) >= 11 is 0. The number of aliphatic imine (C=N–C) groups is 1. The number of nitrogens with one attached hydrogen (secondary N) is 1. The second-order valence-corrected chi connectivity index (χ2v) is 6.66. The summed E-state index contributed by atoms with van der Waals surface area (Å²) in [6.07, 6.45) is 3.19. The highest BCUT2D eigenvalue weighted by Gasteiger charge is 2.40. The molecule has 1 aromatic rings. The van der Waals surface area contributed by atoms with Crippen molar-refractivity contribution < 1.29 is 4.79 Å². The molecule has 128 valence electrons. The van der Waals surface area contributed by atoms with E-state index in [1.807, 2.05) is 9.80 Å². The molecule has 1 aromatic heterocycles. The van der Waals surface area contributed by atoms with Gasteiger partial charge in [-0.2, -0.15) is 5.10 Å². The third kappa shape index (κ3) is 4.00. The molecule has 0 bridgehead atoms. The van der Waals surface area contributed by atoms with Crippen LogP contribution in [0.2, 0.25) is 0 Å². The van der Waals surface area contributed by atoms with E-state index in [1.54, 1.807) is 18.1 Å². The van der Waals surface area contributed by atoms with Crippen molar-refractivity contribution >= 4 is 11.9 Å². The number of amides is 1. The standard InChI is InChI=1S/C15H27N7O/c1-12(2)22-13(23)8-20(9-15(22,3)4)14(16-5)18-6-7-21-11-17-10-19-21/h10-12H,6-9H2,1-5H3,(H,16,18). The SMILES string of the molecule is CN=C(NCCn1cncn1)N1CC(=O)N(C(C)C)C(C)(C)C1. The Labute approximate surface area is 137 Å². The summed E-state index contributed by atoms with van der Waals surface area (Å²) in [7, 11) is 1.74. The van der Waals surface area contributed by atoms with E-state index in [-0.39, 0.29) is 17.5 Å². The maximum Gasteiger partial charge on any atom is 0.242 e. The van der Waals surface area contributed by atoms with Gasteiger partial charge >= 0.3 is 0 Å². The topological polar surface area (TPSA) is 78.6 Å². The zero-order valence-corrected chi connectivity index (χ0v) is 14.7. The first kappa shape index (κ1) is 17.2. The van der Waals surface area contributed by atoms with Crippen molar-refractivity contribution in [2.75, 3.05) is 26.7 Å². The van der Waals surface area contributed by atoms with Gasteiger partial charge in [0, 0.05) is 26.2 Å². The number of carbonyl (C=O) groups is 1. The van der Waals surface area contributed by atoms with Crippen molar-refractivity contribution in [3.05, 3.63) is 12.7 Å². The van der Waals surface area contributed by atoms with Crippen LogP contribution in [0.4, 0.5) is 0 Å². The van der Waals surface area contributed by atoms with E-state index in [1.165, 1.54) is 6.33 Å². The van der Waals surface area contributed by atoms with Crippen molar-refractivity contribution in [3.63, 3.8) is 0 Å². The Balaban J connectivity index is 1.98. The quantitative estimate of drug-likeness (QED) is 0.632. The molecule has 1 fully saturated rings. The van der Waals surface area contributed by atoms with Crippen LogP contribution in [0.5, 0.6) is 0 Å². The number of aromatic nitrogens is 3. The Kier molecular flexibility index (Phi) is 5.23. The van der Waals surface area contributed by atoms with Crippen molar-refractivity contribution in [1.82, 2.24) is 29.9 Å². The van der Waals surface area contributed by atoms with Crippen LogP contribution < -0.4 is 5.32 Å². The summed E-state index contributed by atoms with van der Waals surface area (Å²) < 4.78 is 1.76. The van der Waals surface area contributed by atoms with Gasteiger partial charge < -0.3 is 15.1 Å². The van der Waals surface area contributed by atoms with E-state index < -0.39 is 0 Å². The van der Waals surface area contributed by atoms with Gasteiger partial charge in [0.05, 0.1) is 18.6 Å². The number of hydrogen-bond donors (Lipinski definition) is 1. The average Bonchev–Trinajstić information content (AvgIpc) is 2.94.